The van der Waals surface area contributed by atoms with Crippen molar-refractivity contribution in [2.24, 2.45) is 0 Å². The molecule has 0 unspecified atom stereocenters. The molecule has 0 saturated carbocycles. The topological polar surface area (TPSA) is 37.3 Å². The summed E-state index contributed by atoms with van der Waals surface area (Å²) < 4.78 is 0. The normalized spacial score (nSPS) is 10.3. The number of carbonyl (C=O) groups is 1. The van der Waals surface area contributed by atoms with Crippen LogP contribution in [0.1, 0.15) is 16.7 Å². The molecule has 0 heterocycles. The molecule has 0 spiro atoms. The summed E-state index contributed by atoms with van der Waals surface area (Å²) >= 11 is 0. The van der Waals surface area contributed by atoms with Crippen LogP contribution in [-0.4, -0.2) is 10.9 Å². The number of aromatic hydroxyl groups is 1. The molecule has 1 N–H and O–H groups in total. The molecule has 0 radical (unpaired) electrons. The zero-order valence-electron chi connectivity index (χ0n) is 10.4. The number of carbonyl (C=O) groups excluding carboxylic acids is 1. The van der Waals surface area contributed by atoms with E-state index in [2.05, 4.69) is 0 Å². The second-order valence-corrected chi connectivity index (χ2v) is 4.54. The molecule has 0 bridgehead atoms. The Bertz CT molecular complexity index is 475. The molecule has 0 saturated heterocycles. The van der Waals surface area contributed by atoms with Crippen LogP contribution in [0.3, 0.4) is 0 Å². The van der Waals surface area contributed by atoms with E-state index in [1.807, 2.05) is 31.2 Å². The number of hydrogen-bond donors (Lipinski definition) is 1. The van der Waals surface area contributed by atoms with Gasteiger partial charge in [0.05, 0.1) is 0 Å². The fourth-order valence-corrected chi connectivity index (χ4v) is 1.84. The highest BCUT2D eigenvalue weighted by Gasteiger charge is 2.05. The van der Waals surface area contributed by atoms with E-state index >= 15 is 0 Å². The Morgan fingerprint density at radius 2 is 1.33 bits per heavy atom. The predicted octanol–water partition coefficient (Wildman–Crippen LogP) is 3.05. The Balaban J connectivity index is 1.96. The third-order valence-corrected chi connectivity index (χ3v) is 2.86. The van der Waals surface area contributed by atoms with Crippen molar-refractivity contribution in [3.8, 4) is 5.75 Å². The van der Waals surface area contributed by atoms with E-state index in [9.17, 15) is 4.79 Å². The molecule has 2 aromatic rings. The molecule has 18 heavy (non-hydrogen) atoms. The summed E-state index contributed by atoms with van der Waals surface area (Å²) in [6.07, 6.45) is 0.870. The molecule has 0 atom stereocenters. The number of phenolic OH excluding ortho intramolecular Hbond substituents is 1. The van der Waals surface area contributed by atoms with Crippen LogP contribution in [0.15, 0.2) is 48.5 Å². The average Bonchev–Trinajstić information content (AvgIpc) is 2.35. The lowest BCUT2D eigenvalue weighted by atomic mass is 10.0. The molecule has 2 heteroatoms. The van der Waals surface area contributed by atoms with E-state index in [0.717, 1.165) is 11.1 Å². The van der Waals surface area contributed by atoms with Crippen molar-refractivity contribution in [1.29, 1.82) is 0 Å². The number of benzene rings is 2. The SMILES string of the molecule is Cc1ccc(CC(=O)Cc2ccc(O)cc2)cc1. The van der Waals surface area contributed by atoms with Gasteiger partial charge in [-0.1, -0.05) is 42.0 Å². The van der Waals surface area contributed by atoms with Crippen LogP contribution in [0.5, 0.6) is 5.75 Å². The summed E-state index contributed by atoms with van der Waals surface area (Å²) in [6.45, 7) is 2.03. The summed E-state index contributed by atoms with van der Waals surface area (Å²) in [5.41, 5.74) is 3.18. The number of phenols is 1. The molecular formula is C16H16O2. The molecule has 0 aliphatic carbocycles. The van der Waals surface area contributed by atoms with Gasteiger partial charge in [-0.05, 0) is 30.2 Å². The minimum absolute atomic E-state index is 0.185. The van der Waals surface area contributed by atoms with E-state index in [1.54, 1.807) is 24.3 Å². The number of hydrogen-bond acceptors (Lipinski definition) is 2. The lowest BCUT2D eigenvalue weighted by Crippen LogP contribution is -2.06. The van der Waals surface area contributed by atoms with Crippen LogP contribution >= 0.6 is 0 Å². The lowest BCUT2D eigenvalue weighted by molar-refractivity contribution is -0.117. The van der Waals surface area contributed by atoms with Gasteiger partial charge in [-0.3, -0.25) is 4.79 Å². The second kappa shape index (κ2) is 5.50. The summed E-state index contributed by atoms with van der Waals surface area (Å²) in [5, 5.41) is 9.17. The van der Waals surface area contributed by atoms with E-state index in [0.29, 0.717) is 12.8 Å². The van der Waals surface area contributed by atoms with Crippen molar-refractivity contribution < 1.29 is 9.90 Å². The zero-order valence-corrected chi connectivity index (χ0v) is 10.4. The first-order valence-electron chi connectivity index (χ1n) is 5.98. The van der Waals surface area contributed by atoms with E-state index in [4.69, 9.17) is 5.11 Å². The molecule has 0 aromatic heterocycles. The van der Waals surface area contributed by atoms with Gasteiger partial charge < -0.3 is 5.11 Å². The third kappa shape index (κ3) is 3.45. The number of aryl methyl sites for hydroxylation is 1. The highest BCUT2D eigenvalue weighted by molar-refractivity contribution is 5.83. The highest BCUT2D eigenvalue weighted by Crippen LogP contribution is 2.11. The standard InChI is InChI=1S/C16H16O2/c1-12-2-4-13(5-3-12)10-16(18)11-14-6-8-15(17)9-7-14/h2-9,17H,10-11H2,1H3. The molecule has 92 valence electrons. The van der Waals surface area contributed by atoms with Gasteiger partial charge in [0.25, 0.3) is 0 Å². The maximum Gasteiger partial charge on any atom is 0.141 e. The minimum atomic E-state index is 0.185. The van der Waals surface area contributed by atoms with Crippen LogP contribution in [-0.2, 0) is 17.6 Å². The fourth-order valence-electron chi connectivity index (χ4n) is 1.84. The number of rotatable bonds is 4. The third-order valence-electron chi connectivity index (χ3n) is 2.86. The van der Waals surface area contributed by atoms with E-state index < -0.39 is 0 Å². The van der Waals surface area contributed by atoms with Gasteiger partial charge in [0.1, 0.15) is 11.5 Å². The first-order chi connectivity index (χ1) is 8.63. The number of ketones is 1. The van der Waals surface area contributed by atoms with E-state index in [-0.39, 0.29) is 11.5 Å². The molecule has 0 fully saturated rings. The summed E-state index contributed by atoms with van der Waals surface area (Å²) in [6, 6.07) is 14.8. The number of Topliss-reactive ketones (excluding diaryl/α,β-unsaturated/α-hetero) is 1. The maximum absolute atomic E-state index is 11.9. The molecular weight excluding hydrogens is 224 g/mol. The fraction of sp³-hybridized carbons (Fsp3) is 0.188. The van der Waals surface area contributed by atoms with Crippen LogP contribution in [0.4, 0.5) is 0 Å². The lowest BCUT2D eigenvalue weighted by Gasteiger charge is -2.03. The van der Waals surface area contributed by atoms with Crippen LogP contribution in [0, 0.1) is 6.92 Å². The van der Waals surface area contributed by atoms with Crippen LogP contribution in [0.2, 0.25) is 0 Å². The highest BCUT2D eigenvalue weighted by atomic mass is 16.3. The molecule has 2 rings (SSSR count). The smallest absolute Gasteiger partial charge is 0.141 e. The van der Waals surface area contributed by atoms with Crippen molar-refractivity contribution in [1.82, 2.24) is 0 Å². The Morgan fingerprint density at radius 3 is 1.83 bits per heavy atom. The van der Waals surface area contributed by atoms with Crippen molar-refractivity contribution in [2.75, 3.05) is 0 Å². The van der Waals surface area contributed by atoms with Gasteiger partial charge >= 0.3 is 0 Å². The first-order valence-corrected chi connectivity index (χ1v) is 5.98. The van der Waals surface area contributed by atoms with E-state index in [1.165, 1.54) is 5.56 Å². The molecule has 0 aliphatic rings. The largest absolute Gasteiger partial charge is 0.508 e. The van der Waals surface area contributed by atoms with Gasteiger partial charge in [-0.15, -0.1) is 0 Å². The molecule has 0 aliphatic heterocycles. The van der Waals surface area contributed by atoms with Gasteiger partial charge in [0.2, 0.25) is 0 Å². The minimum Gasteiger partial charge on any atom is -0.508 e. The Kier molecular flexibility index (Phi) is 3.78. The Labute approximate surface area is 107 Å². The monoisotopic (exact) mass is 240 g/mol. The summed E-state index contributed by atoms with van der Waals surface area (Å²) in [5.74, 6) is 0.411. The van der Waals surface area contributed by atoms with Gasteiger partial charge in [-0.2, -0.15) is 0 Å². The molecule has 2 nitrogen and oxygen atoms in total. The van der Waals surface area contributed by atoms with Crippen LogP contribution < -0.4 is 0 Å². The first kappa shape index (κ1) is 12.4. The van der Waals surface area contributed by atoms with Gasteiger partial charge in [0, 0.05) is 12.8 Å². The Morgan fingerprint density at radius 1 is 0.889 bits per heavy atom. The molecule has 0 amide bonds. The maximum atomic E-state index is 11.9. The van der Waals surface area contributed by atoms with Gasteiger partial charge in [-0.25, -0.2) is 0 Å². The van der Waals surface area contributed by atoms with Crippen molar-refractivity contribution in [2.45, 2.75) is 19.8 Å². The summed E-state index contributed by atoms with van der Waals surface area (Å²) in [4.78, 5) is 11.9. The summed E-state index contributed by atoms with van der Waals surface area (Å²) in [7, 11) is 0. The van der Waals surface area contributed by atoms with Crippen molar-refractivity contribution in [3.05, 3.63) is 65.2 Å². The molecule has 2 aromatic carbocycles. The van der Waals surface area contributed by atoms with Crippen LogP contribution in [0.25, 0.3) is 0 Å². The quantitative estimate of drug-likeness (QED) is 0.891. The van der Waals surface area contributed by atoms with Crippen molar-refractivity contribution >= 4 is 5.78 Å². The van der Waals surface area contributed by atoms with Gasteiger partial charge in [0.15, 0.2) is 0 Å². The van der Waals surface area contributed by atoms with Crippen molar-refractivity contribution in [3.63, 3.8) is 0 Å². The predicted molar refractivity (Wildman–Crippen MR) is 71.7 cm³/mol. The Hall–Kier alpha value is -2.09. The zero-order chi connectivity index (χ0) is 13.0. The second-order valence-electron chi connectivity index (χ2n) is 4.54. The average molecular weight is 240 g/mol.